The highest BCUT2D eigenvalue weighted by Crippen LogP contribution is 2.35. The summed E-state index contributed by atoms with van der Waals surface area (Å²) in [6.45, 7) is 5.50. The minimum atomic E-state index is -0.470. The fraction of sp³-hybridized carbons (Fsp3) is 0.278. The van der Waals surface area contributed by atoms with E-state index in [2.05, 4.69) is 11.9 Å². The first-order chi connectivity index (χ1) is 12.5. The molecule has 1 saturated heterocycles. The summed E-state index contributed by atoms with van der Waals surface area (Å²) in [6, 6.07) is 3.53. The summed E-state index contributed by atoms with van der Waals surface area (Å²) in [7, 11) is 1.49. The second kappa shape index (κ2) is 9.10. The van der Waals surface area contributed by atoms with E-state index in [0.29, 0.717) is 22.8 Å². The zero-order valence-corrected chi connectivity index (χ0v) is 15.4. The quantitative estimate of drug-likeness (QED) is 0.411. The van der Waals surface area contributed by atoms with Crippen LogP contribution in [0.5, 0.6) is 11.5 Å². The monoisotopic (exact) mass is 376 g/mol. The van der Waals surface area contributed by atoms with Crippen molar-refractivity contribution in [1.29, 1.82) is 5.41 Å². The van der Waals surface area contributed by atoms with Crippen LogP contribution in [0.15, 0.2) is 29.7 Å². The molecule has 0 saturated carbocycles. The molecule has 0 atom stereocenters. The molecule has 1 amide bonds. The number of esters is 1. The maximum atomic E-state index is 11.8. The van der Waals surface area contributed by atoms with Crippen molar-refractivity contribution in [2.45, 2.75) is 13.3 Å². The van der Waals surface area contributed by atoms with Gasteiger partial charge in [-0.05, 0) is 48.9 Å². The Bertz CT molecular complexity index is 773. The Morgan fingerprint density at radius 2 is 2.19 bits per heavy atom. The predicted molar refractivity (Wildman–Crippen MR) is 100 cm³/mol. The minimum absolute atomic E-state index is 0.0916. The Morgan fingerprint density at radius 1 is 1.42 bits per heavy atom. The van der Waals surface area contributed by atoms with Gasteiger partial charge in [0.25, 0.3) is 5.91 Å². The number of ether oxygens (including phenoxy) is 3. The van der Waals surface area contributed by atoms with Crippen LogP contribution in [0.25, 0.3) is 6.08 Å². The van der Waals surface area contributed by atoms with Crippen molar-refractivity contribution in [3.8, 4) is 11.5 Å². The lowest BCUT2D eigenvalue weighted by atomic mass is 10.0. The number of benzene rings is 1. The van der Waals surface area contributed by atoms with Gasteiger partial charge < -0.3 is 19.5 Å². The van der Waals surface area contributed by atoms with Gasteiger partial charge in [0, 0.05) is 5.56 Å². The SMILES string of the molecule is C=CCc1cc(/C=C2\SC(=N)NC2=O)cc(OC)c1OCC(=O)OCC. The average Bonchev–Trinajstić information content (AvgIpc) is 2.91. The van der Waals surface area contributed by atoms with Crippen molar-refractivity contribution in [2.75, 3.05) is 20.3 Å². The summed E-state index contributed by atoms with van der Waals surface area (Å²) in [5.41, 5.74) is 1.48. The number of allylic oxidation sites excluding steroid dienone is 1. The topological polar surface area (TPSA) is 97.7 Å². The van der Waals surface area contributed by atoms with E-state index in [1.165, 1.54) is 7.11 Å². The van der Waals surface area contributed by atoms with Crippen LogP contribution in [0.1, 0.15) is 18.1 Å². The lowest BCUT2D eigenvalue weighted by Crippen LogP contribution is -2.18. The van der Waals surface area contributed by atoms with E-state index in [9.17, 15) is 9.59 Å². The molecule has 0 radical (unpaired) electrons. The van der Waals surface area contributed by atoms with Gasteiger partial charge in [-0.1, -0.05) is 6.08 Å². The second-order valence-corrected chi connectivity index (χ2v) is 6.24. The molecule has 7 nitrogen and oxygen atoms in total. The molecule has 0 aromatic heterocycles. The number of carbonyl (C=O) groups is 2. The van der Waals surface area contributed by atoms with Gasteiger partial charge in [0.2, 0.25) is 0 Å². The number of nitrogens with one attached hydrogen (secondary N) is 2. The Morgan fingerprint density at radius 3 is 2.77 bits per heavy atom. The molecule has 138 valence electrons. The van der Waals surface area contributed by atoms with Gasteiger partial charge in [-0.25, -0.2) is 4.79 Å². The molecule has 0 bridgehead atoms. The zero-order valence-electron chi connectivity index (χ0n) is 14.6. The molecule has 0 spiro atoms. The summed E-state index contributed by atoms with van der Waals surface area (Å²) in [5.74, 6) is 0.0765. The Kier molecular flexibility index (Phi) is 6.85. The molecule has 1 aliphatic rings. The number of carbonyl (C=O) groups excluding carboxylic acids is 2. The second-order valence-electron chi connectivity index (χ2n) is 5.19. The molecule has 2 N–H and O–H groups in total. The number of thioether (sulfide) groups is 1. The number of amides is 1. The van der Waals surface area contributed by atoms with Crippen molar-refractivity contribution in [3.05, 3.63) is 40.8 Å². The molecule has 2 rings (SSSR count). The van der Waals surface area contributed by atoms with E-state index in [1.54, 1.807) is 25.1 Å². The van der Waals surface area contributed by atoms with E-state index in [4.69, 9.17) is 19.6 Å². The predicted octanol–water partition coefficient (Wildman–Crippen LogP) is 2.50. The average molecular weight is 376 g/mol. The lowest BCUT2D eigenvalue weighted by Gasteiger charge is -2.15. The summed E-state index contributed by atoms with van der Waals surface area (Å²) in [6.07, 6.45) is 3.86. The van der Waals surface area contributed by atoms with Crippen LogP contribution in [-0.4, -0.2) is 37.4 Å². The Labute approximate surface area is 155 Å². The van der Waals surface area contributed by atoms with Gasteiger partial charge in [-0.3, -0.25) is 10.2 Å². The van der Waals surface area contributed by atoms with Crippen molar-refractivity contribution < 1.29 is 23.8 Å². The van der Waals surface area contributed by atoms with E-state index >= 15 is 0 Å². The van der Waals surface area contributed by atoms with Crippen LogP contribution in [0, 0.1) is 5.41 Å². The summed E-state index contributed by atoms with van der Waals surface area (Å²) in [4.78, 5) is 23.8. The minimum Gasteiger partial charge on any atom is -0.493 e. The van der Waals surface area contributed by atoms with Crippen molar-refractivity contribution in [2.24, 2.45) is 0 Å². The highest BCUT2D eigenvalue weighted by molar-refractivity contribution is 8.18. The molecule has 1 fully saturated rings. The van der Waals surface area contributed by atoms with Crippen LogP contribution in [0.4, 0.5) is 0 Å². The Balaban J connectivity index is 2.35. The van der Waals surface area contributed by atoms with Crippen LogP contribution in [0.3, 0.4) is 0 Å². The van der Waals surface area contributed by atoms with Gasteiger partial charge in [0.15, 0.2) is 23.3 Å². The molecular weight excluding hydrogens is 356 g/mol. The van der Waals surface area contributed by atoms with Crippen LogP contribution in [0.2, 0.25) is 0 Å². The molecule has 0 unspecified atom stereocenters. The van der Waals surface area contributed by atoms with Crippen molar-refractivity contribution >= 4 is 34.9 Å². The third kappa shape index (κ3) is 4.89. The van der Waals surface area contributed by atoms with Crippen LogP contribution >= 0.6 is 11.8 Å². The number of methoxy groups -OCH3 is 1. The summed E-state index contributed by atoms with van der Waals surface area (Å²) in [5, 5.41) is 10.0. The number of hydrogen-bond acceptors (Lipinski definition) is 7. The van der Waals surface area contributed by atoms with E-state index in [0.717, 1.165) is 22.9 Å². The molecule has 1 aromatic rings. The molecule has 1 aliphatic heterocycles. The summed E-state index contributed by atoms with van der Waals surface area (Å²) >= 11 is 1.06. The third-order valence-electron chi connectivity index (χ3n) is 3.34. The van der Waals surface area contributed by atoms with Gasteiger partial charge in [0.1, 0.15) is 0 Å². The van der Waals surface area contributed by atoms with Crippen molar-refractivity contribution in [3.63, 3.8) is 0 Å². The molecule has 1 aromatic carbocycles. The number of amidine groups is 1. The third-order valence-corrected chi connectivity index (χ3v) is 4.17. The number of hydrogen-bond donors (Lipinski definition) is 2. The molecule has 8 heteroatoms. The molecular formula is C18H20N2O5S. The highest BCUT2D eigenvalue weighted by atomic mass is 32.2. The van der Waals surface area contributed by atoms with E-state index in [1.807, 2.05) is 6.07 Å². The molecule has 0 aliphatic carbocycles. The van der Waals surface area contributed by atoms with Crippen LogP contribution in [-0.2, 0) is 20.7 Å². The van der Waals surface area contributed by atoms with Gasteiger partial charge in [-0.15, -0.1) is 6.58 Å². The highest BCUT2D eigenvalue weighted by Gasteiger charge is 2.23. The van der Waals surface area contributed by atoms with Gasteiger partial charge in [0.05, 0.1) is 18.6 Å². The Hall–Kier alpha value is -2.74. The molecule has 1 heterocycles. The van der Waals surface area contributed by atoms with Crippen molar-refractivity contribution in [1.82, 2.24) is 5.32 Å². The van der Waals surface area contributed by atoms with E-state index in [-0.39, 0.29) is 24.3 Å². The smallest absolute Gasteiger partial charge is 0.344 e. The summed E-state index contributed by atoms with van der Waals surface area (Å²) < 4.78 is 15.9. The maximum Gasteiger partial charge on any atom is 0.344 e. The maximum absolute atomic E-state index is 11.8. The largest absolute Gasteiger partial charge is 0.493 e. The standard InChI is InChI=1S/C18H20N2O5S/c1-4-6-12-7-11(9-14-17(22)20-18(19)26-14)8-13(23-3)16(12)25-10-15(21)24-5-2/h4,7-9H,1,5-6,10H2,2-3H3,(H2,19,20,22)/b14-9-. The zero-order chi connectivity index (χ0) is 19.1. The fourth-order valence-corrected chi connectivity index (χ4v) is 3.02. The van der Waals surface area contributed by atoms with E-state index < -0.39 is 5.97 Å². The van der Waals surface area contributed by atoms with Crippen LogP contribution < -0.4 is 14.8 Å². The molecule has 26 heavy (non-hydrogen) atoms. The normalized spacial score (nSPS) is 14.9. The van der Waals surface area contributed by atoms with Gasteiger partial charge in [-0.2, -0.15) is 0 Å². The fourth-order valence-electron chi connectivity index (χ4n) is 2.32. The lowest BCUT2D eigenvalue weighted by molar-refractivity contribution is -0.145. The number of rotatable bonds is 8. The first kappa shape index (κ1) is 19.6. The first-order valence-electron chi connectivity index (χ1n) is 7.88. The first-order valence-corrected chi connectivity index (χ1v) is 8.69. The van der Waals surface area contributed by atoms with Gasteiger partial charge >= 0.3 is 5.97 Å².